The highest BCUT2D eigenvalue weighted by molar-refractivity contribution is 6.34. The van der Waals surface area contributed by atoms with E-state index in [0.717, 1.165) is 23.3 Å². The normalized spacial score (nSPS) is 16.2. The van der Waals surface area contributed by atoms with Gasteiger partial charge in [-0.1, -0.05) is 48.0 Å². The van der Waals surface area contributed by atoms with Gasteiger partial charge in [0.05, 0.1) is 10.6 Å². The van der Waals surface area contributed by atoms with Crippen molar-refractivity contribution in [3.05, 3.63) is 87.6 Å². The van der Waals surface area contributed by atoms with Crippen molar-refractivity contribution in [2.75, 3.05) is 0 Å². The second-order valence-corrected chi connectivity index (χ2v) is 5.79. The van der Waals surface area contributed by atoms with E-state index in [0.29, 0.717) is 0 Å². The molecule has 0 saturated heterocycles. The van der Waals surface area contributed by atoms with E-state index in [9.17, 15) is 13.6 Å². The van der Waals surface area contributed by atoms with Gasteiger partial charge in [0.25, 0.3) is 0 Å². The minimum absolute atomic E-state index is 0.0157. The molecule has 1 heterocycles. The van der Waals surface area contributed by atoms with Gasteiger partial charge in [0.2, 0.25) is 5.90 Å². The molecule has 2 aromatic rings. The van der Waals surface area contributed by atoms with Crippen LogP contribution in [0.5, 0.6) is 0 Å². The van der Waals surface area contributed by atoms with Crippen LogP contribution in [0.1, 0.15) is 18.1 Å². The molecule has 2 aromatic carbocycles. The van der Waals surface area contributed by atoms with E-state index in [-0.39, 0.29) is 22.2 Å². The van der Waals surface area contributed by atoms with Crippen molar-refractivity contribution < 1.29 is 18.3 Å². The number of ether oxygens (including phenoxy) is 1. The fourth-order valence-electron chi connectivity index (χ4n) is 2.28. The summed E-state index contributed by atoms with van der Waals surface area (Å²) in [5, 5.41) is -0.0942. The van der Waals surface area contributed by atoms with Crippen molar-refractivity contribution in [1.82, 2.24) is 0 Å². The van der Waals surface area contributed by atoms with Crippen LogP contribution in [0.4, 0.5) is 8.78 Å². The van der Waals surface area contributed by atoms with Gasteiger partial charge in [0.15, 0.2) is 17.3 Å². The number of rotatable bonds is 3. The summed E-state index contributed by atoms with van der Waals surface area (Å²) in [5.41, 5.74) is 1.82. The van der Waals surface area contributed by atoms with Crippen LogP contribution in [-0.4, -0.2) is 11.9 Å². The van der Waals surface area contributed by atoms with Gasteiger partial charge in [0.1, 0.15) is 0 Å². The lowest BCUT2D eigenvalue weighted by molar-refractivity contribution is -0.130. The van der Waals surface area contributed by atoms with Crippen LogP contribution in [0.15, 0.2) is 64.8 Å². The molecule has 0 saturated carbocycles. The van der Waals surface area contributed by atoms with E-state index in [2.05, 4.69) is 4.99 Å². The van der Waals surface area contributed by atoms with Crippen LogP contribution in [0, 0.1) is 11.6 Å². The van der Waals surface area contributed by atoms with Gasteiger partial charge in [-0.05, 0) is 36.3 Å². The zero-order valence-corrected chi connectivity index (χ0v) is 13.8. The highest BCUT2D eigenvalue weighted by atomic mass is 35.5. The number of esters is 1. The van der Waals surface area contributed by atoms with Crippen LogP contribution in [0.25, 0.3) is 6.08 Å². The Hall–Kier alpha value is -2.79. The zero-order chi connectivity index (χ0) is 18.0. The number of hydrogen-bond donors (Lipinski definition) is 0. The standard InChI is InChI=1S/C19H12ClF2NO2/c1-11(7-12-5-3-2-4-6-12)8-17-19(24)25-18(23-17)13-9-15(21)16(22)10-14(13)20/h2-10H,1H3/b11-7+,17-8-. The zero-order valence-electron chi connectivity index (χ0n) is 13.1. The fraction of sp³-hybridized carbons (Fsp3) is 0.0526. The van der Waals surface area contributed by atoms with Gasteiger partial charge < -0.3 is 4.74 Å². The third kappa shape index (κ3) is 3.83. The van der Waals surface area contributed by atoms with Crippen molar-refractivity contribution in [3.8, 4) is 0 Å². The molecule has 0 amide bonds. The monoisotopic (exact) mass is 359 g/mol. The molecule has 1 aliphatic heterocycles. The highest BCUT2D eigenvalue weighted by Crippen LogP contribution is 2.25. The molecular formula is C19H12ClF2NO2. The Morgan fingerprint density at radius 1 is 1.16 bits per heavy atom. The molecule has 0 spiro atoms. The van der Waals surface area contributed by atoms with Crippen LogP contribution in [0.3, 0.4) is 0 Å². The summed E-state index contributed by atoms with van der Waals surface area (Å²) < 4.78 is 31.6. The number of aliphatic imine (C=N–C) groups is 1. The molecule has 0 unspecified atom stereocenters. The summed E-state index contributed by atoms with van der Waals surface area (Å²) in [7, 11) is 0. The van der Waals surface area contributed by atoms with Gasteiger partial charge in [-0.15, -0.1) is 0 Å². The van der Waals surface area contributed by atoms with Crippen molar-refractivity contribution in [2.24, 2.45) is 4.99 Å². The average molecular weight is 360 g/mol. The van der Waals surface area contributed by atoms with E-state index in [4.69, 9.17) is 16.3 Å². The largest absolute Gasteiger partial charge is 0.402 e. The lowest BCUT2D eigenvalue weighted by Gasteiger charge is -2.03. The minimum Gasteiger partial charge on any atom is -0.402 e. The molecule has 0 aromatic heterocycles. The Morgan fingerprint density at radius 3 is 2.56 bits per heavy atom. The van der Waals surface area contributed by atoms with E-state index in [1.165, 1.54) is 0 Å². The van der Waals surface area contributed by atoms with Crippen molar-refractivity contribution in [1.29, 1.82) is 0 Å². The van der Waals surface area contributed by atoms with Gasteiger partial charge in [-0.2, -0.15) is 0 Å². The fourth-order valence-corrected chi connectivity index (χ4v) is 2.51. The van der Waals surface area contributed by atoms with Gasteiger partial charge in [0, 0.05) is 0 Å². The first kappa shape index (κ1) is 17.0. The third-order valence-corrected chi connectivity index (χ3v) is 3.73. The number of cyclic esters (lactones) is 1. The summed E-state index contributed by atoms with van der Waals surface area (Å²) in [6.07, 6.45) is 3.43. The molecule has 126 valence electrons. The number of benzene rings is 2. The number of carbonyl (C=O) groups excluding carboxylic acids is 1. The maximum absolute atomic E-state index is 13.4. The van der Waals surface area contributed by atoms with Gasteiger partial charge in [-0.25, -0.2) is 18.6 Å². The van der Waals surface area contributed by atoms with Crippen molar-refractivity contribution in [3.63, 3.8) is 0 Å². The van der Waals surface area contributed by atoms with Crippen LogP contribution < -0.4 is 0 Å². The van der Waals surface area contributed by atoms with Gasteiger partial charge >= 0.3 is 5.97 Å². The highest BCUT2D eigenvalue weighted by Gasteiger charge is 2.26. The molecule has 0 bridgehead atoms. The molecule has 3 rings (SSSR count). The molecule has 1 aliphatic rings. The number of carbonyl (C=O) groups is 1. The lowest BCUT2D eigenvalue weighted by Crippen LogP contribution is -2.07. The average Bonchev–Trinajstić information content (AvgIpc) is 2.92. The number of allylic oxidation sites excluding steroid dienone is 2. The second-order valence-electron chi connectivity index (χ2n) is 5.38. The third-order valence-electron chi connectivity index (χ3n) is 3.42. The molecule has 3 nitrogen and oxygen atoms in total. The second kappa shape index (κ2) is 6.99. The van der Waals surface area contributed by atoms with E-state index >= 15 is 0 Å². The summed E-state index contributed by atoms with van der Waals surface area (Å²) in [4.78, 5) is 16.0. The predicted octanol–water partition coefficient (Wildman–Crippen LogP) is 4.91. The molecule has 0 N–H and O–H groups in total. The summed E-state index contributed by atoms with van der Waals surface area (Å²) in [5.74, 6) is -3.03. The summed E-state index contributed by atoms with van der Waals surface area (Å²) >= 11 is 5.88. The lowest BCUT2D eigenvalue weighted by atomic mass is 10.1. The van der Waals surface area contributed by atoms with Crippen LogP contribution in [0.2, 0.25) is 5.02 Å². The van der Waals surface area contributed by atoms with Gasteiger partial charge in [-0.3, -0.25) is 0 Å². The Kier molecular flexibility index (Phi) is 4.76. The Balaban J connectivity index is 1.93. The van der Waals surface area contributed by atoms with E-state index in [1.807, 2.05) is 43.3 Å². The number of halogens is 3. The van der Waals surface area contributed by atoms with Crippen molar-refractivity contribution >= 4 is 29.5 Å². The molecule has 0 fully saturated rings. The molecule has 0 radical (unpaired) electrons. The van der Waals surface area contributed by atoms with Crippen molar-refractivity contribution in [2.45, 2.75) is 6.92 Å². The van der Waals surface area contributed by atoms with Crippen LogP contribution in [-0.2, 0) is 9.53 Å². The number of hydrogen-bond acceptors (Lipinski definition) is 3. The predicted molar refractivity (Wildman–Crippen MR) is 92.2 cm³/mol. The Labute approximate surface area is 147 Å². The van der Waals surface area contributed by atoms with Crippen LogP contribution >= 0.6 is 11.6 Å². The van der Waals surface area contributed by atoms with E-state index in [1.54, 1.807) is 6.08 Å². The topological polar surface area (TPSA) is 38.7 Å². The maximum Gasteiger partial charge on any atom is 0.363 e. The quantitative estimate of drug-likeness (QED) is 0.444. The van der Waals surface area contributed by atoms with E-state index < -0.39 is 17.6 Å². The molecule has 0 aliphatic carbocycles. The maximum atomic E-state index is 13.4. The summed E-state index contributed by atoms with van der Waals surface area (Å²) in [6.45, 7) is 1.81. The smallest absolute Gasteiger partial charge is 0.363 e. The number of nitrogens with zero attached hydrogens (tertiary/aromatic N) is 1. The summed E-state index contributed by atoms with van der Waals surface area (Å²) in [6, 6.07) is 11.2. The first-order chi connectivity index (χ1) is 11.9. The molecule has 25 heavy (non-hydrogen) atoms. The minimum atomic E-state index is -1.10. The Bertz CT molecular complexity index is 934. The molecule has 6 heteroatoms. The molecular weight excluding hydrogens is 348 g/mol. The first-order valence-corrected chi connectivity index (χ1v) is 7.72. The molecule has 0 atom stereocenters. The first-order valence-electron chi connectivity index (χ1n) is 7.35. The SMILES string of the molecule is CC(/C=C1\N=C(c2cc(F)c(F)cc2Cl)OC1=O)=C\c1ccccc1. The Morgan fingerprint density at radius 2 is 1.84 bits per heavy atom.